The molecule has 1 aliphatic carbocycles. The number of carbonyl (C=O) groups is 1. The van der Waals surface area contributed by atoms with Gasteiger partial charge in [0.25, 0.3) is 0 Å². The molecule has 0 bridgehead atoms. The normalized spacial score (nSPS) is 12.5. The van der Waals surface area contributed by atoms with Crippen molar-refractivity contribution in [2.75, 3.05) is 19.6 Å². The lowest BCUT2D eigenvalue weighted by Gasteiger charge is -2.19. The number of aromatic nitrogens is 1. The third-order valence-corrected chi connectivity index (χ3v) is 4.08. The van der Waals surface area contributed by atoms with E-state index in [1.807, 2.05) is 18.3 Å². The Bertz CT molecular complexity index is 719. The molecule has 5 nitrogen and oxygen atoms in total. The SMILES string of the molecule is CCOC(=O)Cc1c2c(cn1N)CCc1ccc(OC)cc1-2. The van der Waals surface area contributed by atoms with Gasteiger partial charge in [-0.05, 0) is 48.6 Å². The molecule has 2 N–H and O–H groups in total. The van der Waals surface area contributed by atoms with Crippen molar-refractivity contribution in [2.24, 2.45) is 0 Å². The first-order chi connectivity index (χ1) is 10.6. The first-order valence-electron chi connectivity index (χ1n) is 7.45. The maximum absolute atomic E-state index is 11.9. The molecule has 1 aliphatic rings. The molecule has 3 rings (SSSR count). The number of hydrogen-bond acceptors (Lipinski definition) is 4. The molecular formula is C17H20N2O3. The van der Waals surface area contributed by atoms with Crippen LogP contribution in [-0.2, 0) is 28.8 Å². The van der Waals surface area contributed by atoms with E-state index in [9.17, 15) is 4.79 Å². The van der Waals surface area contributed by atoms with E-state index in [2.05, 4.69) is 6.07 Å². The molecule has 0 aliphatic heterocycles. The van der Waals surface area contributed by atoms with Crippen LogP contribution >= 0.6 is 0 Å². The molecule has 0 saturated heterocycles. The maximum atomic E-state index is 11.9. The second kappa shape index (κ2) is 5.75. The summed E-state index contributed by atoms with van der Waals surface area (Å²) in [5.41, 5.74) is 5.37. The second-order valence-electron chi connectivity index (χ2n) is 5.39. The Balaban J connectivity index is 2.08. The minimum atomic E-state index is -0.259. The van der Waals surface area contributed by atoms with Crippen LogP contribution in [0.2, 0.25) is 0 Å². The number of fused-ring (bicyclic) bond motifs is 3. The smallest absolute Gasteiger partial charge is 0.311 e. The van der Waals surface area contributed by atoms with Crippen LogP contribution in [0, 0.1) is 0 Å². The first-order valence-corrected chi connectivity index (χ1v) is 7.45. The number of esters is 1. The summed E-state index contributed by atoms with van der Waals surface area (Å²) in [6.45, 7) is 2.17. The summed E-state index contributed by atoms with van der Waals surface area (Å²) in [7, 11) is 1.65. The van der Waals surface area contributed by atoms with E-state index in [1.54, 1.807) is 18.7 Å². The van der Waals surface area contributed by atoms with Gasteiger partial charge in [0.15, 0.2) is 0 Å². The number of benzene rings is 1. The number of hydrogen-bond donors (Lipinski definition) is 1. The molecule has 1 heterocycles. The van der Waals surface area contributed by atoms with Gasteiger partial charge in [-0.1, -0.05) is 6.07 Å². The number of rotatable bonds is 4. The Labute approximate surface area is 129 Å². The zero-order valence-corrected chi connectivity index (χ0v) is 12.9. The number of ether oxygens (including phenoxy) is 2. The van der Waals surface area contributed by atoms with E-state index in [1.165, 1.54) is 11.1 Å². The Morgan fingerprint density at radius 1 is 1.32 bits per heavy atom. The standard InChI is InChI=1S/C17H20N2O3/c1-3-22-16(20)9-15-17-12(10-19(15)18)5-4-11-6-7-13(21-2)8-14(11)17/h6-8,10H,3-5,9,18H2,1-2H3. The molecule has 0 unspecified atom stereocenters. The van der Waals surface area contributed by atoms with Crippen LogP contribution in [0.15, 0.2) is 24.4 Å². The van der Waals surface area contributed by atoms with Crippen molar-refractivity contribution in [2.45, 2.75) is 26.2 Å². The van der Waals surface area contributed by atoms with Crippen LogP contribution in [0.4, 0.5) is 0 Å². The summed E-state index contributed by atoms with van der Waals surface area (Å²) in [5, 5.41) is 0. The van der Waals surface area contributed by atoms with Gasteiger partial charge in [-0.25, -0.2) is 0 Å². The molecule has 1 aromatic carbocycles. The van der Waals surface area contributed by atoms with Crippen LogP contribution in [0.25, 0.3) is 11.1 Å². The van der Waals surface area contributed by atoms with Crippen molar-refractivity contribution >= 4 is 5.97 Å². The average Bonchev–Trinajstić information content (AvgIpc) is 2.83. The Kier molecular flexibility index (Phi) is 3.79. The molecule has 2 aromatic rings. The number of methoxy groups -OCH3 is 1. The van der Waals surface area contributed by atoms with Crippen LogP contribution < -0.4 is 10.6 Å². The highest BCUT2D eigenvalue weighted by atomic mass is 16.5. The monoisotopic (exact) mass is 300 g/mol. The largest absolute Gasteiger partial charge is 0.497 e. The van der Waals surface area contributed by atoms with Crippen LogP contribution in [-0.4, -0.2) is 24.4 Å². The highest BCUT2D eigenvalue weighted by molar-refractivity contribution is 5.82. The van der Waals surface area contributed by atoms with Crippen molar-refractivity contribution in [3.8, 4) is 16.9 Å². The number of carbonyl (C=O) groups excluding carboxylic acids is 1. The van der Waals surface area contributed by atoms with Crippen molar-refractivity contribution < 1.29 is 14.3 Å². The van der Waals surface area contributed by atoms with Gasteiger partial charge in [0.2, 0.25) is 0 Å². The third-order valence-electron chi connectivity index (χ3n) is 4.08. The van der Waals surface area contributed by atoms with Gasteiger partial charge in [-0.2, -0.15) is 0 Å². The number of nitrogens with two attached hydrogens (primary N) is 1. The van der Waals surface area contributed by atoms with Crippen molar-refractivity contribution in [1.82, 2.24) is 4.68 Å². The first kappa shape index (κ1) is 14.5. The van der Waals surface area contributed by atoms with Crippen LogP contribution in [0.5, 0.6) is 5.75 Å². The highest BCUT2D eigenvalue weighted by Gasteiger charge is 2.25. The fraction of sp³-hybridized carbons (Fsp3) is 0.353. The van der Waals surface area contributed by atoms with E-state index >= 15 is 0 Å². The summed E-state index contributed by atoms with van der Waals surface area (Å²) in [6.07, 6.45) is 3.98. The lowest BCUT2D eigenvalue weighted by atomic mass is 9.86. The van der Waals surface area contributed by atoms with Crippen molar-refractivity contribution in [3.63, 3.8) is 0 Å². The van der Waals surface area contributed by atoms with Gasteiger partial charge >= 0.3 is 5.97 Å². The molecule has 0 atom stereocenters. The summed E-state index contributed by atoms with van der Waals surface area (Å²) in [4.78, 5) is 11.9. The van der Waals surface area contributed by atoms with E-state index in [-0.39, 0.29) is 12.4 Å². The fourth-order valence-electron chi connectivity index (χ4n) is 3.07. The summed E-state index contributed by atoms with van der Waals surface area (Å²) < 4.78 is 11.9. The fourth-order valence-corrected chi connectivity index (χ4v) is 3.07. The number of nitrogen functional groups attached to an aromatic ring is 1. The number of nitrogens with zero attached hydrogens (tertiary/aromatic N) is 1. The summed E-state index contributed by atoms with van der Waals surface area (Å²) in [6, 6.07) is 6.06. The zero-order chi connectivity index (χ0) is 15.7. The van der Waals surface area contributed by atoms with Crippen LogP contribution in [0.1, 0.15) is 23.7 Å². The Hall–Kier alpha value is -2.43. The van der Waals surface area contributed by atoms with Crippen molar-refractivity contribution in [3.05, 3.63) is 41.2 Å². The lowest BCUT2D eigenvalue weighted by Crippen LogP contribution is -2.17. The van der Waals surface area contributed by atoms with E-state index in [0.717, 1.165) is 35.4 Å². The van der Waals surface area contributed by atoms with Crippen molar-refractivity contribution in [1.29, 1.82) is 0 Å². The van der Waals surface area contributed by atoms with E-state index < -0.39 is 0 Å². The Morgan fingerprint density at radius 3 is 2.82 bits per heavy atom. The highest BCUT2D eigenvalue weighted by Crippen LogP contribution is 2.38. The molecule has 1 aromatic heterocycles. The molecule has 0 spiro atoms. The molecule has 0 saturated carbocycles. The second-order valence-corrected chi connectivity index (χ2v) is 5.39. The molecular weight excluding hydrogens is 280 g/mol. The van der Waals surface area contributed by atoms with E-state index in [4.69, 9.17) is 15.3 Å². The third kappa shape index (κ3) is 2.43. The molecule has 0 radical (unpaired) electrons. The van der Waals surface area contributed by atoms with Gasteiger partial charge in [-0.3, -0.25) is 9.47 Å². The van der Waals surface area contributed by atoms with Gasteiger partial charge in [0.05, 0.1) is 25.8 Å². The number of aryl methyl sites for hydroxylation is 2. The molecule has 5 heteroatoms. The summed E-state index contributed by atoms with van der Waals surface area (Å²) >= 11 is 0. The predicted octanol–water partition coefficient (Wildman–Crippen LogP) is 2.08. The predicted molar refractivity (Wildman–Crippen MR) is 84.3 cm³/mol. The summed E-state index contributed by atoms with van der Waals surface area (Å²) in [5.74, 6) is 6.62. The van der Waals surface area contributed by atoms with Gasteiger partial charge < -0.3 is 15.3 Å². The molecule has 22 heavy (non-hydrogen) atoms. The topological polar surface area (TPSA) is 66.5 Å². The molecule has 0 amide bonds. The molecule has 116 valence electrons. The lowest BCUT2D eigenvalue weighted by molar-refractivity contribution is -0.142. The average molecular weight is 300 g/mol. The van der Waals surface area contributed by atoms with Gasteiger partial charge in [0.1, 0.15) is 5.75 Å². The van der Waals surface area contributed by atoms with E-state index in [0.29, 0.717) is 6.61 Å². The maximum Gasteiger partial charge on any atom is 0.311 e. The minimum Gasteiger partial charge on any atom is -0.497 e. The Morgan fingerprint density at radius 2 is 2.09 bits per heavy atom. The quantitative estimate of drug-likeness (QED) is 0.693. The van der Waals surface area contributed by atoms with Gasteiger partial charge in [-0.15, -0.1) is 0 Å². The van der Waals surface area contributed by atoms with Gasteiger partial charge in [0, 0.05) is 11.8 Å². The minimum absolute atomic E-state index is 0.177. The molecule has 0 fully saturated rings. The van der Waals surface area contributed by atoms with Crippen LogP contribution in [0.3, 0.4) is 0 Å². The zero-order valence-electron chi connectivity index (χ0n) is 12.9.